The van der Waals surface area contributed by atoms with E-state index in [1.54, 1.807) is 11.3 Å². The average Bonchev–Trinajstić information content (AvgIpc) is 3.11. The van der Waals surface area contributed by atoms with Crippen molar-refractivity contribution in [3.63, 3.8) is 0 Å². The van der Waals surface area contributed by atoms with Crippen LogP contribution in [0.25, 0.3) is 0 Å². The largest absolute Gasteiger partial charge is 0.294 e. The van der Waals surface area contributed by atoms with E-state index in [-0.39, 0.29) is 17.6 Å². The van der Waals surface area contributed by atoms with Gasteiger partial charge in [0.25, 0.3) is 0 Å². The number of anilines is 1. The molecular formula is C21H21NO2S. The SMILES string of the molecule is Cc1ccc(C)c(N2C(=O)CC(c3cccs3)C3=C2CCCC3=O)c1. The van der Waals surface area contributed by atoms with E-state index in [9.17, 15) is 9.59 Å². The molecule has 0 fully saturated rings. The Morgan fingerprint density at radius 1 is 1.12 bits per heavy atom. The summed E-state index contributed by atoms with van der Waals surface area (Å²) in [5.41, 5.74) is 4.92. The summed E-state index contributed by atoms with van der Waals surface area (Å²) in [7, 11) is 0. The van der Waals surface area contributed by atoms with Gasteiger partial charge in [-0.3, -0.25) is 14.5 Å². The Morgan fingerprint density at radius 2 is 1.96 bits per heavy atom. The molecule has 2 aromatic rings. The van der Waals surface area contributed by atoms with Crippen molar-refractivity contribution in [2.75, 3.05) is 4.90 Å². The minimum absolute atomic E-state index is 0.0725. The number of nitrogens with zero attached hydrogens (tertiary/aromatic N) is 1. The van der Waals surface area contributed by atoms with E-state index in [0.717, 1.165) is 45.8 Å². The molecule has 25 heavy (non-hydrogen) atoms. The molecule has 0 spiro atoms. The Kier molecular flexibility index (Phi) is 4.08. The summed E-state index contributed by atoms with van der Waals surface area (Å²) in [6.45, 7) is 4.06. The predicted molar refractivity (Wildman–Crippen MR) is 101 cm³/mol. The monoisotopic (exact) mass is 351 g/mol. The zero-order valence-electron chi connectivity index (χ0n) is 14.5. The Hall–Kier alpha value is -2.20. The average molecular weight is 351 g/mol. The van der Waals surface area contributed by atoms with Gasteiger partial charge in [-0.05, 0) is 55.3 Å². The zero-order valence-corrected chi connectivity index (χ0v) is 15.4. The lowest BCUT2D eigenvalue weighted by atomic mass is 9.79. The number of hydrogen-bond acceptors (Lipinski definition) is 3. The lowest BCUT2D eigenvalue weighted by Crippen LogP contribution is -2.40. The fourth-order valence-corrected chi connectivity index (χ4v) is 4.80. The van der Waals surface area contributed by atoms with Gasteiger partial charge >= 0.3 is 0 Å². The molecule has 0 radical (unpaired) electrons. The normalized spacial score (nSPS) is 20.9. The maximum atomic E-state index is 13.1. The fourth-order valence-electron chi connectivity index (χ4n) is 3.97. The van der Waals surface area contributed by atoms with Crippen LogP contribution in [0.5, 0.6) is 0 Å². The first kappa shape index (κ1) is 16.3. The maximum Gasteiger partial charge on any atom is 0.232 e. The minimum atomic E-state index is -0.0725. The second kappa shape index (κ2) is 6.26. The van der Waals surface area contributed by atoms with Crippen LogP contribution in [0.2, 0.25) is 0 Å². The molecule has 1 aromatic heterocycles. The summed E-state index contributed by atoms with van der Waals surface area (Å²) in [4.78, 5) is 28.8. The van der Waals surface area contributed by atoms with Crippen LogP contribution in [0.15, 0.2) is 47.0 Å². The zero-order chi connectivity index (χ0) is 17.6. The van der Waals surface area contributed by atoms with E-state index in [1.165, 1.54) is 0 Å². The van der Waals surface area contributed by atoms with E-state index in [1.807, 2.05) is 42.3 Å². The molecule has 0 N–H and O–H groups in total. The highest BCUT2D eigenvalue weighted by Crippen LogP contribution is 2.45. The third kappa shape index (κ3) is 2.74. The van der Waals surface area contributed by atoms with E-state index >= 15 is 0 Å². The fraction of sp³-hybridized carbons (Fsp3) is 0.333. The van der Waals surface area contributed by atoms with Crippen LogP contribution in [-0.4, -0.2) is 11.7 Å². The molecule has 1 aliphatic carbocycles. The summed E-state index contributed by atoms with van der Waals surface area (Å²) in [6, 6.07) is 10.2. The van der Waals surface area contributed by atoms with Gasteiger partial charge in [0.05, 0.1) is 5.69 Å². The molecule has 1 atom stereocenters. The summed E-state index contributed by atoms with van der Waals surface area (Å²) >= 11 is 1.63. The third-order valence-corrected chi connectivity index (χ3v) is 6.15. The molecule has 2 heterocycles. The van der Waals surface area contributed by atoms with Crippen molar-refractivity contribution in [1.29, 1.82) is 0 Å². The van der Waals surface area contributed by atoms with Crippen LogP contribution in [-0.2, 0) is 9.59 Å². The number of allylic oxidation sites excluding steroid dienone is 2. The predicted octanol–water partition coefficient (Wildman–Crippen LogP) is 4.89. The number of hydrogen-bond donors (Lipinski definition) is 0. The molecule has 2 aliphatic rings. The highest BCUT2D eigenvalue weighted by atomic mass is 32.1. The smallest absolute Gasteiger partial charge is 0.232 e. The van der Waals surface area contributed by atoms with Crippen LogP contribution < -0.4 is 4.90 Å². The first-order valence-electron chi connectivity index (χ1n) is 8.76. The molecule has 128 valence electrons. The number of Topliss-reactive ketones (excluding diaryl/α,β-unsaturated/α-hetero) is 1. The first-order valence-corrected chi connectivity index (χ1v) is 9.64. The number of carbonyl (C=O) groups is 2. The second-order valence-electron chi connectivity index (χ2n) is 6.93. The van der Waals surface area contributed by atoms with Crippen LogP contribution >= 0.6 is 11.3 Å². The van der Waals surface area contributed by atoms with Crippen LogP contribution in [0.4, 0.5) is 5.69 Å². The number of aryl methyl sites for hydroxylation is 2. The van der Waals surface area contributed by atoms with Gasteiger partial charge in [0.15, 0.2) is 5.78 Å². The standard InChI is InChI=1S/C21H21NO2S/c1-13-8-9-14(2)17(11-13)22-16-5-3-6-18(23)21(16)15(12-20(22)24)19-7-4-10-25-19/h4,7-11,15H,3,5-6,12H2,1-2H3. The first-order chi connectivity index (χ1) is 12.1. The maximum absolute atomic E-state index is 13.1. The van der Waals surface area contributed by atoms with Crippen LogP contribution in [0, 0.1) is 13.8 Å². The van der Waals surface area contributed by atoms with Gasteiger partial charge in [0, 0.05) is 34.9 Å². The van der Waals surface area contributed by atoms with Gasteiger partial charge < -0.3 is 0 Å². The quantitative estimate of drug-likeness (QED) is 0.772. The van der Waals surface area contributed by atoms with Crippen molar-refractivity contribution in [3.05, 3.63) is 63.0 Å². The Labute approximate surface area is 152 Å². The Bertz CT molecular complexity index is 879. The number of rotatable bonds is 2. The molecule has 4 rings (SSSR count). The molecule has 0 saturated carbocycles. The van der Waals surface area contributed by atoms with E-state index in [0.29, 0.717) is 12.8 Å². The summed E-state index contributed by atoms with van der Waals surface area (Å²) in [5.74, 6) is 0.236. The topological polar surface area (TPSA) is 37.4 Å². The van der Waals surface area contributed by atoms with Gasteiger partial charge in [-0.2, -0.15) is 0 Å². The number of ketones is 1. The molecule has 4 heteroatoms. The Morgan fingerprint density at radius 3 is 2.72 bits per heavy atom. The summed E-state index contributed by atoms with van der Waals surface area (Å²) in [6.07, 6.45) is 2.58. The molecule has 0 bridgehead atoms. The highest BCUT2D eigenvalue weighted by Gasteiger charge is 2.40. The minimum Gasteiger partial charge on any atom is -0.294 e. The molecule has 1 aromatic carbocycles. The van der Waals surface area contributed by atoms with Crippen molar-refractivity contribution < 1.29 is 9.59 Å². The lowest BCUT2D eigenvalue weighted by Gasteiger charge is -2.38. The van der Waals surface area contributed by atoms with Gasteiger partial charge in [-0.25, -0.2) is 0 Å². The van der Waals surface area contributed by atoms with E-state index < -0.39 is 0 Å². The van der Waals surface area contributed by atoms with E-state index in [4.69, 9.17) is 0 Å². The number of benzene rings is 1. The van der Waals surface area contributed by atoms with Crippen LogP contribution in [0.3, 0.4) is 0 Å². The van der Waals surface area contributed by atoms with Gasteiger partial charge in [0.1, 0.15) is 0 Å². The molecular weight excluding hydrogens is 330 g/mol. The van der Waals surface area contributed by atoms with Crippen molar-refractivity contribution in [1.82, 2.24) is 0 Å². The second-order valence-corrected chi connectivity index (χ2v) is 7.91. The van der Waals surface area contributed by atoms with Gasteiger partial charge in [-0.15, -0.1) is 11.3 Å². The third-order valence-electron chi connectivity index (χ3n) is 5.17. The Balaban J connectivity index is 1.90. The molecule has 1 aliphatic heterocycles. The summed E-state index contributed by atoms with van der Waals surface area (Å²) in [5, 5.41) is 2.02. The molecule has 1 amide bonds. The van der Waals surface area contributed by atoms with Crippen LogP contribution in [0.1, 0.15) is 47.6 Å². The lowest BCUT2D eigenvalue weighted by molar-refractivity contribution is -0.119. The summed E-state index contributed by atoms with van der Waals surface area (Å²) < 4.78 is 0. The van der Waals surface area contributed by atoms with Crippen molar-refractivity contribution in [2.45, 2.75) is 45.4 Å². The van der Waals surface area contributed by atoms with Crippen molar-refractivity contribution in [3.8, 4) is 0 Å². The number of amides is 1. The van der Waals surface area contributed by atoms with Gasteiger partial charge in [-0.1, -0.05) is 18.2 Å². The van der Waals surface area contributed by atoms with Gasteiger partial charge in [0.2, 0.25) is 5.91 Å². The molecule has 3 nitrogen and oxygen atoms in total. The number of thiophene rings is 1. The number of carbonyl (C=O) groups excluding carboxylic acids is 2. The molecule has 1 unspecified atom stereocenters. The van der Waals surface area contributed by atoms with Crippen molar-refractivity contribution in [2.24, 2.45) is 0 Å². The van der Waals surface area contributed by atoms with E-state index in [2.05, 4.69) is 12.1 Å². The van der Waals surface area contributed by atoms with Crippen molar-refractivity contribution >= 4 is 28.7 Å². The highest BCUT2D eigenvalue weighted by molar-refractivity contribution is 7.10. The molecule has 0 saturated heterocycles.